The van der Waals surface area contributed by atoms with Crippen LogP contribution in [0.15, 0.2) is 65.2 Å². The van der Waals surface area contributed by atoms with Crippen LogP contribution in [-0.4, -0.2) is 50.0 Å². The van der Waals surface area contributed by atoms with Crippen LogP contribution in [0.4, 0.5) is 15.8 Å². The monoisotopic (exact) mass is 430 g/mol. The number of hydrogen-bond acceptors (Lipinski definition) is 6. The second-order valence-electron chi connectivity index (χ2n) is 6.57. The van der Waals surface area contributed by atoms with Gasteiger partial charge in [0.15, 0.2) is 0 Å². The van der Waals surface area contributed by atoms with Crippen LogP contribution in [0.1, 0.15) is 0 Å². The van der Waals surface area contributed by atoms with Crippen molar-refractivity contribution < 1.29 is 22.2 Å². The van der Waals surface area contributed by atoms with E-state index in [-0.39, 0.29) is 16.3 Å². The van der Waals surface area contributed by atoms with Gasteiger partial charge in [0.2, 0.25) is 0 Å². The fourth-order valence-corrected chi connectivity index (χ4v) is 3.49. The smallest absolute Gasteiger partial charge is 0.294 e. The molecule has 156 valence electrons. The lowest BCUT2D eigenvalue weighted by molar-refractivity contribution is -0.127. The van der Waals surface area contributed by atoms with Crippen LogP contribution in [0.25, 0.3) is 0 Å². The molecule has 2 aromatic carbocycles. The summed E-state index contributed by atoms with van der Waals surface area (Å²) in [6.45, 7) is 1.94. The highest BCUT2D eigenvalue weighted by Gasteiger charge is 2.24. The number of nitriles is 1. The molecule has 1 aliphatic heterocycles. The predicted molar refractivity (Wildman–Crippen MR) is 109 cm³/mol. The topological polar surface area (TPSA) is 114 Å². The SMILES string of the molecule is N#C/C(=C/Nc1ccc(S(=O)(=O)O)cc1)C(=O)N1CCN(c2ccc(F)cc2)CC1. The van der Waals surface area contributed by atoms with Gasteiger partial charge in [-0.3, -0.25) is 9.35 Å². The van der Waals surface area contributed by atoms with Gasteiger partial charge in [-0.2, -0.15) is 13.7 Å². The minimum Gasteiger partial charge on any atom is -0.368 e. The maximum absolute atomic E-state index is 13.1. The highest BCUT2D eigenvalue weighted by atomic mass is 32.2. The van der Waals surface area contributed by atoms with Crippen LogP contribution < -0.4 is 10.2 Å². The van der Waals surface area contributed by atoms with E-state index in [1.165, 1.54) is 42.6 Å². The van der Waals surface area contributed by atoms with E-state index in [9.17, 15) is 22.9 Å². The number of nitrogens with zero attached hydrogens (tertiary/aromatic N) is 3. The van der Waals surface area contributed by atoms with Crippen molar-refractivity contribution in [2.24, 2.45) is 0 Å². The van der Waals surface area contributed by atoms with Crippen LogP contribution in [0.3, 0.4) is 0 Å². The van der Waals surface area contributed by atoms with Gasteiger partial charge in [-0.1, -0.05) is 0 Å². The molecule has 30 heavy (non-hydrogen) atoms. The number of amides is 1. The zero-order valence-electron chi connectivity index (χ0n) is 15.8. The summed E-state index contributed by atoms with van der Waals surface area (Å²) in [4.78, 5) is 16.0. The van der Waals surface area contributed by atoms with Crippen LogP contribution in [0, 0.1) is 17.1 Å². The van der Waals surface area contributed by atoms with Gasteiger partial charge in [-0.05, 0) is 48.5 Å². The number of rotatable bonds is 5. The molecular weight excluding hydrogens is 411 g/mol. The van der Waals surface area contributed by atoms with E-state index in [4.69, 9.17) is 4.55 Å². The van der Waals surface area contributed by atoms with Crippen molar-refractivity contribution in [1.82, 2.24) is 4.90 Å². The Morgan fingerprint density at radius 3 is 2.20 bits per heavy atom. The number of benzene rings is 2. The first-order valence-corrected chi connectivity index (χ1v) is 10.5. The molecule has 10 heteroatoms. The van der Waals surface area contributed by atoms with E-state index >= 15 is 0 Å². The first kappa shape index (κ1) is 21.3. The molecule has 0 radical (unpaired) electrons. The Hall–Kier alpha value is -3.42. The van der Waals surface area contributed by atoms with E-state index in [1.54, 1.807) is 17.0 Å². The maximum atomic E-state index is 13.1. The highest BCUT2D eigenvalue weighted by Crippen LogP contribution is 2.18. The standard InChI is InChI=1S/C20H19FN4O4S/c21-16-1-5-18(6-2-16)24-9-11-25(12-10-24)20(26)15(13-22)14-23-17-3-7-19(8-4-17)30(27,28)29/h1-8,14,23H,9-12H2,(H,27,28,29)/b15-14-. The summed E-state index contributed by atoms with van der Waals surface area (Å²) in [5.41, 5.74) is 1.22. The van der Waals surface area contributed by atoms with E-state index in [1.807, 2.05) is 11.0 Å². The summed E-state index contributed by atoms with van der Waals surface area (Å²) in [5, 5.41) is 12.1. The lowest BCUT2D eigenvalue weighted by atomic mass is 10.2. The van der Waals surface area contributed by atoms with Gasteiger partial charge in [0.25, 0.3) is 16.0 Å². The van der Waals surface area contributed by atoms with Crippen molar-refractivity contribution in [3.8, 4) is 6.07 Å². The summed E-state index contributed by atoms with van der Waals surface area (Å²) in [6.07, 6.45) is 1.26. The Labute approximate surface area is 173 Å². The number of carbonyl (C=O) groups is 1. The number of carbonyl (C=O) groups excluding carboxylic acids is 1. The normalized spacial score (nSPS) is 14.9. The van der Waals surface area contributed by atoms with Crippen LogP contribution in [0.2, 0.25) is 0 Å². The van der Waals surface area contributed by atoms with Crippen LogP contribution in [0.5, 0.6) is 0 Å². The fourth-order valence-electron chi connectivity index (χ4n) is 3.01. The molecule has 3 rings (SSSR count). The zero-order chi connectivity index (χ0) is 21.7. The molecule has 1 amide bonds. The van der Waals surface area contributed by atoms with Gasteiger partial charge in [-0.25, -0.2) is 4.39 Å². The molecule has 0 unspecified atom stereocenters. The lowest BCUT2D eigenvalue weighted by Crippen LogP contribution is -2.49. The third kappa shape index (κ3) is 5.14. The quantitative estimate of drug-likeness (QED) is 0.425. The van der Waals surface area contributed by atoms with Gasteiger partial charge in [0.05, 0.1) is 4.90 Å². The Morgan fingerprint density at radius 1 is 1.07 bits per heavy atom. The molecule has 0 atom stereocenters. The molecule has 0 saturated carbocycles. The molecule has 1 saturated heterocycles. The second kappa shape index (κ2) is 8.94. The molecule has 2 N–H and O–H groups in total. The summed E-state index contributed by atoms with van der Waals surface area (Å²) in [6, 6.07) is 13.2. The van der Waals surface area contributed by atoms with Crippen molar-refractivity contribution in [1.29, 1.82) is 5.26 Å². The van der Waals surface area contributed by atoms with Crippen molar-refractivity contribution in [2.75, 3.05) is 36.4 Å². The molecule has 0 aromatic heterocycles. The molecule has 1 fully saturated rings. The second-order valence-corrected chi connectivity index (χ2v) is 7.99. The maximum Gasteiger partial charge on any atom is 0.294 e. The minimum absolute atomic E-state index is 0.0934. The molecule has 8 nitrogen and oxygen atoms in total. The average molecular weight is 430 g/mol. The van der Waals surface area contributed by atoms with Crippen LogP contribution in [-0.2, 0) is 14.9 Å². The summed E-state index contributed by atoms with van der Waals surface area (Å²) < 4.78 is 44.2. The molecular formula is C20H19FN4O4S. The van der Waals surface area contributed by atoms with Gasteiger partial charge < -0.3 is 15.1 Å². The number of piperazine rings is 1. The third-order valence-electron chi connectivity index (χ3n) is 4.64. The summed E-state index contributed by atoms with van der Waals surface area (Å²) >= 11 is 0. The van der Waals surface area contributed by atoms with E-state index in [2.05, 4.69) is 5.32 Å². The Balaban J connectivity index is 1.61. The summed E-state index contributed by atoms with van der Waals surface area (Å²) in [7, 11) is -4.29. The van der Waals surface area contributed by atoms with Crippen molar-refractivity contribution in [3.63, 3.8) is 0 Å². The molecule has 1 aliphatic rings. The number of nitrogens with one attached hydrogen (secondary N) is 1. The van der Waals surface area contributed by atoms with Crippen molar-refractivity contribution in [2.45, 2.75) is 4.90 Å². The molecule has 1 heterocycles. The van der Waals surface area contributed by atoms with Crippen molar-refractivity contribution in [3.05, 3.63) is 66.1 Å². The largest absolute Gasteiger partial charge is 0.368 e. The van der Waals surface area contributed by atoms with E-state index in [0.717, 1.165) is 5.69 Å². The Bertz CT molecular complexity index is 1090. The minimum atomic E-state index is -4.29. The fraction of sp³-hybridized carbons (Fsp3) is 0.200. The van der Waals surface area contributed by atoms with E-state index in [0.29, 0.717) is 31.9 Å². The Morgan fingerprint density at radius 2 is 1.67 bits per heavy atom. The first-order chi connectivity index (χ1) is 14.3. The van der Waals surface area contributed by atoms with E-state index < -0.39 is 16.0 Å². The Kier molecular flexibility index (Phi) is 6.34. The average Bonchev–Trinajstić information content (AvgIpc) is 2.74. The summed E-state index contributed by atoms with van der Waals surface area (Å²) in [5.74, 6) is -0.727. The van der Waals surface area contributed by atoms with Crippen LogP contribution >= 0.6 is 0 Å². The molecule has 0 spiro atoms. The van der Waals surface area contributed by atoms with Gasteiger partial charge in [-0.15, -0.1) is 0 Å². The zero-order valence-corrected chi connectivity index (χ0v) is 16.6. The first-order valence-electron chi connectivity index (χ1n) is 9.02. The highest BCUT2D eigenvalue weighted by molar-refractivity contribution is 7.85. The number of anilines is 2. The number of halogens is 1. The van der Waals surface area contributed by atoms with Gasteiger partial charge in [0.1, 0.15) is 17.5 Å². The van der Waals surface area contributed by atoms with Gasteiger partial charge >= 0.3 is 0 Å². The number of hydrogen-bond donors (Lipinski definition) is 2. The van der Waals surface area contributed by atoms with Crippen molar-refractivity contribution >= 4 is 27.4 Å². The molecule has 0 bridgehead atoms. The predicted octanol–water partition coefficient (Wildman–Crippen LogP) is 2.24. The third-order valence-corrected chi connectivity index (χ3v) is 5.51. The molecule has 2 aromatic rings. The lowest BCUT2D eigenvalue weighted by Gasteiger charge is -2.36. The van der Waals surface area contributed by atoms with Gasteiger partial charge in [0, 0.05) is 43.8 Å². The molecule has 0 aliphatic carbocycles.